The number of aromatic hydroxyl groups is 1. The first-order chi connectivity index (χ1) is 6.07. The zero-order valence-electron chi connectivity index (χ0n) is 7.62. The first-order valence-corrected chi connectivity index (χ1v) is 4.11. The molecule has 4 nitrogen and oxygen atoms in total. The van der Waals surface area contributed by atoms with Gasteiger partial charge in [-0.1, -0.05) is 6.07 Å². The van der Waals surface area contributed by atoms with E-state index in [-0.39, 0.29) is 18.3 Å². The molecule has 13 heavy (non-hydrogen) atoms. The molecule has 1 atom stereocenters. The molecule has 0 aliphatic carbocycles. The van der Waals surface area contributed by atoms with E-state index in [1.165, 1.54) is 0 Å². The van der Waals surface area contributed by atoms with E-state index in [0.29, 0.717) is 11.3 Å². The van der Waals surface area contributed by atoms with Gasteiger partial charge in [0, 0.05) is 18.2 Å². The predicted molar refractivity (Wildman–Crippen MR) is 53.2 cm³/mol. The molecule has 4 heteroatoms. The number of phenolic OH excluding ortho intramolecular Hbond substituents is 1. The number of hydrogen-bond donors (Lipinski definition) is 4. The van der Waals surface area contributed by atoms with Crippen molar-refractivity contribution in [3.63, 3.8) is 0 Å². The molecule has 1 aromatic carbocycles. The number of anilines is 1. The summed E-state index contributed by atoms with van der Waals surface area (Å²) in [5.74, 6) is 0.0537. The molecule has 1 rings (SSSR count). The minimum absolute atomic E-state index is 0.0537. The molecule has 0 saturated carbocycles. The van der Waals surface area contributed by atoms with Crippen LogP contribution in [0.2, 0.25) is 0 Å². The molecule has 0 aromatic heterocycles. The van der Waals surface area contributed by atoms with E-state index < -0.39 is 0 Å². The van der Waals surface area contributed by atoms with Gasteiger partial charge in [0.05, 0.1) is 5.69 Å². The Bertz CT molecular complexity index is 312. The number of benzene rings is 1. The van der Waals surface area contributed by atoms with Crippen molar-refractivity contribution in [2.75, 3.05) is 12.3 Å². The maximum absolute atomic E-state index is 9.62. The summed E-state index contributed by atoms with van der Waals surface area (Å²) in [5, 5.41) is 9.62. The molecule has 0 heterocycles. The Morgan fingerprint density at radius 2 is 2.08 bits per heavy atom. The lowest BCUT2D eigenvalue weighted by Crippen LogP contribution is -2.22. The first-order valence-electron chi connectivity index (χ1n) is 4.11. The van der Waals surface area contributed by atoms with E-state index in [1.807, 2.05) is 13.0 Å². The Morgan fingerprint density at radius 1 is 1.46 bits per heavy atom. The molecule has 0 fully saturated rings. The summed E-state index contributed by atoms with van der Waals surface area (Å²) in [6, 6.07) is 3.11. The van der Waals surface area contributed by atoms with Gasteiger partial charge in [-0.25, -0.2) is 0 Å². The summed E-state index contributed by atoms with van der Waals surface area (Å²) in [6.07, 6.45) is 0. The van der Waals surface area contributed by atoms with Gasteiger partial charge in [-0.15, -0.1) is 0 Å². The highest BCUT2D eigenvalue weighted by Crippen LogP contribution is 2.31. The van der Waals surface area contributed by atoms with E-state index in [9.17, 15) is 5.11 Å². The van der Waals surface area contributed by atoms with Gasteiger partial charge in [0.15, 0.2) is 0 Å². The highest BCUT2D eigenvalue weighted by molar-refractivity contribution is 5.59. The minimum Gasteiger partial charge on any atom is -0.505 e. The molecule has 0 aliphatic heterocycles. The molecule has 0 radical (unpaired) electrons. The van der Waals surface area contributed by atoms with Crippen LogP contribution in [0.4, 0.5) is 5.69 Å². The third kappa shape index (κ3) is 1.74. The van der Waals surface area contributed by atoms with E-state index in [2.05, 4.69) is 0 Å². The Morgan fingerprint density at radius 3 is 2.62 bits per heavy atom. The summed E-state index contributed by atoms with van der Waals surface area (Å²) >= 11 is 0. The first kappa shape index (κ1) is 9.83. The van der Waals surface area contributed by atoms with E-state index in [1.54, 1.807) is 6.07 Å². The van der Waals surface area contributed by atoms with E-state index in [4.69, 9.17) is 17.2 Å². The van der Waals surface area contributed by atoms with Crippen LogP contribution in [0.1, 0.15) is 17.2 Å². The predicted octanol–water partition coefficient (Wildman–Crippen LogP) is 0.241. The average molecular weight is 181 g/mol. The molecule has 0 aliphatic rings. The van der Waals surface area contributed by atoms with Gasteiger partial charge < -0.3 is 22.3 Å². The third-order valence-corrected chi connectivity index (χ3v) is 2.09. The van der Waals surface area contributed by atoms with Crippen LogP contribution in [-0.2, 0) is 0 Å². The fraction of sp³-hybridized carbons (Fsp3) is 0.333. The fourth-order valence-corrected chi connectivity index (χ4v) is 1.31. The number of nitrogen functional groups attached to an aromatic ring is 1. The monoisotopic (exact) mass is 181 g/mol. The van der Waals surface area contributed by atoms with Crippen LogP contribution in [0.5, 0.6) is 5.75 Å². The lowest BCUT2D eigenvalue weighted by atomic mass is 10.00. The Balaban J connectivity index is 3.25. The highest BCUT2D eigenvalue weighted by atomic mass is 16.3. The summed E-state index contributed by atoms with van der Waals surface area (Å²) in [5.41, 5.74) is 18.6. The van der Waals surface area contributed by atoms with Gasteiger partial charge in [-0.3, -0.25) is 0 Å². The number of aryl methyl sites for hydroxylation is 1. The summed E-state index contributed by atoms with van der Waals surface area (Å²) in [6.45, 7) is 2.15. The molecule has 72 valence electrons. The largest absolute Gasteiger partial charge is 0.505 e. The maximum Gasteiger partial charge on any atom is 0.143 e. The third-order valence-electron chi connectivity index (χ3n) is 2.09. The Labute approximate surface area is 77.3 Å². The van der Waals surface area contributed by atoms with Crippen LogP contribution in [-0.4, -0.2) is 11.7 Å². The molecular weight excluding hydrogens is 166 g/mol. The van der Waals surface area contributed by atoms with E-state index in [0.717, 1.165) is 5.56 Å². The lowest BCUT2D eigenvalue weighted by Gasteiger charge is -2.15. The molecule has 7 N–H and O–H groups in total. The quantitative estimate of drug-likeness (QED) is 0.388. The normalized spacial score (nSPS) is 12.8. The van der Waals surface area contributed by atoms with Crippen molar-refractivity contribution in [3.05, 3.63) is 23.3 Å². The van der Waals surface area contributed by atoms with Crippen LogP contribution < -0.4 is 17.2 Å². The van der Waals surface area contributed by atoms with Crippen LogP contribution >= 0.6 is 0 Å². The van der Waals surface area contributed by atoms with Crippen LogP contribution in [0.3, 0.4) is 0 Å². The van der Waals surface area contributed by atoms with Gasteiger partial charge in [0.1, 0.15) is 5.75 Å². The van der Waals surface area contributed by atoms with Crippen molar-refractivity contribution in [1.82, 2.24) is 0 Å². The van der Waals surface area contributed by atoms with Crippen molar-refractivity contribution in [1.29, 1.82) is 0 Å². The molecule has 0 spiro atoms. The Hall–Kier alpha value is -1.26. The minimum atomic E-state index is -0.358. The standard InChI is InChI=1S/C9H15N3O/c1-5-2-3-6(11)9(13)8(5)7(12)4-10/h2-3,7,13H,4,10-12H2,1H3/t7-/m0/s1. The molecule has 0 amide bonds. The van der Waals surface area contributed by atoms with Crippen LogP contribution in [0.25, 0.3) is 0 Å². The van der Waals surface area contributed by atoms with Gasteiger partial charge in [-0.05, 0) is 18.6 Å². The zero-order chi connectivity index (χ0) is 10.0. The van der Waals surface area contributed by atoms with E-state index >= 15 is 0 Å². The maximum atomic E-state index is 9.62. The lowest BCUT2D eigenvalue weighted by molar-refractivity contribution is 0.464. The highest BCUT2D eigenvalue weighted by Gasteiger charge is 2.13. The van der Waals surface area contributed by atoms with Crippen molar-refractivity contribution in [3.8, 4) is 5.75 Å². The SMILES string of the molecule is Cc1ccc(N)c(O)c1[C@@H](N)CN. The zero-order valence-corrected chi connectivity index (χ0v) is 7.62. The van der Waals surface area contributed by atoms with Gasteiger partial charge in [0.2, 0.25) is 0 Å². The Kier molecular flexibility index (Phi) is 2.75. The molecule has 0 saturated heterocycles. The summed E-state index contributed by atoms with van der Waals surface area (Å²) in [7, 11) is 0. The van der Waals surface area contributed by atoms with Crippen molar-refractivity contribution in [2.24, 2.45) is 11.5 Å². The van der Waals surface area contributed by atoms with Crippen LogP contribution in [0, 0.1) is 6.92 Å². The van der Waals surface area contributed by atoms with Crippen molar-refractivity contribution >= 4 is 5.69 Å². The summed E-state index contributed by atoms with van der Waals surface area (Å²) < 4.78 is 0. The number of nitrogens with two attached hydrogens (primary N) is 3. The van der Waals surface area contributed by atoms with Gasteiger partial charge >= 0.3 is 0 Å². The van der Waals surface area contributed by atoms with Crippen molar-refractivity contribution in [2.45, 2.75) is 13.0 Å². The number of phenols is 1. The second kappa shape index (κ2) is 3.64. The molecule has 1 aromatic rings. The second-order valence-corrected chi connectivity index (χ2v) is 3.08. The number of hydrogen-bond acceptors (Lipinski definition) is 4. The molecular formula is C9H15N3O. The van der Waals surface area contributed by atoms with Crippen LogP contribution in [0.15, 0.2) is 12.1 Å². The second-order valence-electron chi connectivity index (χ2n) is 3.08. The molecule has 0 unspecified atom stereocenters. The fourth-order valence-electron chi connectivity index (χ4n) is 1.31. The van der Waals surface area contributed by atoms with Crippen molar-refractivity contribution < 1.29 is 5.11 Å². The van der Waals surface area contributed by atoms with Gasteiger partial charge in [0.25, 0.3) is 0 Å². The molecule has 0 bridgehead atoms. The van der Waals surface area contributed by atoms with Gasteiger partial charge in [-0.2, -0.15) is 0 Å². The topological polar surface area (TPSA) is 98.3 Å². The smallest absolute Gasteiger partial charge is 0.143 e. The summed E-state index contributed by atoms with van der Waals surface area (Å²) in [4.78, 5) is 0. The number of rotatable bonds is 2. The average Bonchev–Trinajstić information content (AvgIpc) is 2.12.